The lowest BCUT2D eigenvalue weighted by atomic mass is 10.1. The molecule has 0 fully saturated rings. The van der Waals surface area contributed by atoms with E-state index in [1.807, 2.05) is 58.9 Å². The maximum Gasteiger partial charge on any atom is 0.242 e. The number of nitrogens with one attached hydrogen (secondary N) is 2. The molecule has 0 unspecified atom stereocenters. The lowest BCUT2D eigenvalue weighted by molar-refractivity contribution is -0.122. The van der Waals surface area contributed by atoms with Gasteiger partial charge in [0.2, 0.25) is 5.91 Å². The Labute approximate surface area is 104 Å². The first kappa shape index (κ1) is 13.6. The number of hydrogen-bond donors (Lipinski definition) is 2. The predicted octanol–water partition coefficient (Wildman–Crippen LogP) is 2.71. The van der Waals surface area contributed by atoms with E-state index in [2.05, 4.69) is 10.6 Å². The summed E-state index contributed by atoms with van der Waals surface area (Å²) in [5, 5.41) is 6.13. The van der Waals surface area contributed by atoms with Crippen molar-refractivity contribution in [3.05, 3.63) is 29.8 Å². The summed E-state index contributed by atoms with van der Waals surface area (Å²) in [5.74, 6) is 0.0121. The number of carbonyl (C=O) groups is 1. The Morgan fingerprint density at radius 3 is 2.18 bits per heavy atom. The van der Waals surface area contributed by atoms with Gasteiger partial charge < -0.3 is 10.6 Å². The van der Waals surface area contributed by atoms with Crippen LogP contribution in [0.4, 0.5) is 5.69 Å². The molecule has 0 aliphatic heterocycles. The van der Waals surface area contributed by atoms with Crippen molar-refractivity contribution in [2.75, 3.05) is 5.32 Å². The molecule has 0 aliphatic carbocycles. The monoisotopic (exact) mass is 234 g/mol. The molecule has 1 aromatic rings. The van der Waals surface area contributed by atoms with E-state index in [0.29, 0.717) is 0 Å². The van der Waals surface area contributed by atoms with Gasteiger partial charge in [-0.1, -0.05) is 17.7 Å². The van der Waals surface area contributed by atoms with Gasteiger partial charge in [0.05, 0.1) is 0 Å². The fourth-order valence-corrected chi connectivity index (χ4v) is 1.44. The average Bonchev–Trinajstić information content (AvgIpc) is 2.19. The maximum absolute atomic E-state index is 11.9. The Morgan fingerprint density at radius 1 is 1.18 bits per heavy atom. The molecule has 0 aliphatic rings. The number of rotatable bonds is 3. The van der Waals surface area contributed by atoms with Gasteiger partial charge in [0.15, 0.2) is 0 Å². The molecule has 94 valence electrons. The molecule has 1 amide bonds. The zero-order valence-electron chi connectivity index (χ0n) is 11.3. The Hall–Kier alpha value is -1.51. The van der Waals surface area contributed by atoms with Gasteiger partial charge >= 0.3 is 0 Å². The van der Waals surface area contributed by atoms with Gasteiger partial charge in [0, 0.05) is 11.2 Å². The van der Waals surface area contributed by atoms with Crippen LogP contribution in [0.5, 0.6) is 0 Å². The smallest absolute Gasteiger partial charge is 0.242 e. The molecule has 2 N–H and O–H groups in total. The molecular formula is C14H22N2O. The summed E-state index contributed by atoms with van der Waals surface area (Å²) >= 11 is 0. The van der Waals surface area contributed by atoms with Gasteiger partial charge in [-0.3, -0.25) is 4.79 Å². The molecule has 0 bridgehead atoms. The first-order valence-corrected chi connectivity index (χ1v) is 5.93. The molecule has 1 rings (SSSR count). The van der Waals surface area contributed by atoms with Crippen molar-refractivity contribution in [3.63, 3.8) is 0 Å². The molecule has 0 heterocycles. The lowest BCUT2D eigenvalue weighted by Gasteiger charge is -2.24. The highest BCUT2D eigenvalue weighted by molar-refractivity contribution is 5.84. The Morgan fingerprint density at radius 2 is 1.71 bits per heavy atom. The van der Waals surface area contributed by atoms with Crippen LogP contribution in [0, 0.1) is 6.92 Å². The van der Waals surface area contributed by atoms with Gasteiger partial charge in [-0.25, -0.2) is 0 Å². The van der Waals surface area contributed by atoms with Crippen molar-refractivity contribution in [3.8, 4) is 0 Å². The SMILES string of the molecule is Cc1ccc(N[C@H](C)C(=O)NC(C)(C)C)cc1. The van der Waals surface area contributed by atoms with E-state index in [1.54, 1.807) is 0 Å². The summed E-state index contributed by atoms with van der Waals surface area (Å²) in [5.41, 5.74) is 1.98. The molecule has 3 heteroatoms. The van der Waals surface area contributed by atoms with E-state index in [-0.39, 0.29) is 17.5 Å². The standard InChI is InChI=1S/C14H22N2O/c1-10-6-8-12(9-7-10)15-11(2)13(17)16-14(3,4)5/h6-9,11,15H,1-5H3,(H,16,17)/t11-/m1/s1. The van der Waals surface area contributed by atoms with E-state index in [0.717, 1.165) is 5.69 Å². The minimum atomic E-state index is -0.239. The minimum absolute atomic E-state index is 0.0121. The third kappa shape index (κ3) is 4.89. The molecule has 17 heavy (non-hydrogen) atoms. The summed E-state index contributed by atoms with van der Waals surface area (Å²) in [7, 11) is 0. The van der Waals surface area contributed by atoms with Crippen LogP contribution in [-0.4, -0.2) is 17.5 Å². The zero-order valence-corrected chi connectivity index (χ0v) is 11.3. The van der Waals surface area contributed by atoms with Crippen molar-refractivity contribution in [1.82, 2.24) is 5.32 Å². The zero-order chi connectivity index (χ0) is 13.1. The number of amides is 1. The average molecular weight is 234 g/mol. The lowest BCUT2D eigenvalue weighted by Crippen LogP contribution is -2.47. The fraction of sp³-hybridized carbons (Fsp3) is 0.500. The first-order chi connectivity index (χ1) is 7.78. The van der Waals surface area contributed by atoms with E-state index in [1.165, 1.54) is 5.56 Å². The number of benzene rings is 1. The molecule has 3 nitrogen and oxygen atoms in total. The van der Waals surface area contributed by atoms with Gasteiger partial charge in [0.1, 0.15) is 6.04 Å². The highest BCUT2D eigenvalue weighted by atomic mass is 16.2. The second-order valence-electron chi connectivity index (χ2n) is 5.47. The number of carbonyl (C=O) groups excluding carboxylic acids is 1. The highest BCUT2D eigenvalue weighted by Crippen LogP contribution is 2.10. The van der Waals surface area contributed by atoms with Crippen molar-refractivity contribution < 1.29 is 4.79 Å². The Bertz CT molecular complexity index is 376. The van der Waals surface area contributed by atoms with Crippen molar-refractivity contribution >= 4 is 11.6 Å². The third-order valence-electron chi connectivity index (χ3n) is 2.33. The van der Waals surface area contributed by atoms with Gasteiger partial charge in [-0.2, -0.15) is 0 Å². The summed E-state index contributed by atoms with van der Waals surface area (Å²) in [6.45, 7) is 9.83. The topological polar surface area (TPSA) is 41.1 Å². The molecule has 1 aromatic carbocycles. The molecule has 0 aromatic heterocycles. The van der Waals surface area contributed by atoms with Crippen LogP contribution >= 0.6 is 0 Å². The van der Waals surface area contributed by atoms with Crippen LogP contribution in [0.15, 0.2) is 24.3 Å². The second kappa shape index (κ2) is 5.21. The number of hydrogen-bond acceptors (Lipinski definition) is 2. The van der Waals surface area contributed by atoms with E-state index in [4.69, 9.17) is 0 Å². The number of anilines is 1. The Kier molecular flexibility index (Phi) is 4.16. The molecule has 0 spiro atoms. The quantitative estimate of drug-likeness (QED) is 0.844. The van der Waals surface area contributed by atoms with Crippen LogP contribution in [0.2, 0.25) is 0 Å². The fourth-order valence-electron chi connectivity index (χ4n) is 1.44. The molecular weight excluding hydrogens is 212 g/mol. The normalized spacial score (nSPS) is 13.0. The molecule has 0 saturated heterocycles. The van der Waals surface area contributed by atoms with Gasteiger partial charge in [0.25, 0.3) is 0 Å². The third-order valence-corrected chi connectivity index (χ3v) is 2.33. The molecule has 0 radical (unpaired) electrons. The summed E-state index contributed by atoms with van der Waals surface area (Å²) in [6, 6.07) is 7.77. The molecule has 0 saturated carbocycles. The largest absolute Gasteiger partial charge is 0.374 e. The van der Waals surface area contributed by atoms with Crippen LogP contribution in [0.1, 0.15) is 33.3 Å². The number of aryl methyl sites for hydroxylation is 1. The van der Waals surface area contributed by atoms with E-state index >= 15 is 0 Å². The van der Waals surface area contributed by atoms with E-state index in [9.17, 15) is 4.79 Å². The summed E-state index contributed by atoms with van der Waals surface area (Å²) in [4.78, 5) is 11.9. The molecule has 1 atom stereocenters. The van der Waals surface area contributed by atoms with Crippen molar-refractivity contribution in [2.45, 2.75) is 46.2 Å². The highest BCUT2D eigenvalue weighted by Gasteiger charge is 2.18. The van der Waals surface area contributed by atoms with Gasteiger partial charge in [-0.05, 0) is 46.8 Å². The van der Waals surface area contributed by atoms with Crippen LogP contribution in [0.3, 0.4) is 0 Å². The minimum Gasteiger partial charge on any atom is -0.374 e. The van der Waals surface area contributed by atoms with Crippen LogP contribution in [-0.2, 0) is 4.79 Å². The van der Waals surface area contributed by atoms with Crippen LogP contribution < -0.4 is 10.6 Å². The first-order valence-electron chi connectivity index (χ1n) is 5.93. The van der Waals surface area contributed by atoms with Crippen LogP contribution in [0.25, 0.3) is 0 Å². The van der Waals surface area contributed by atoms with Gasteiger partial charge in [-0.15, -0.1) is 0 Å². The van der Waals surface area contributed by atoms with E-state index < -0.39 is 0 Å². The summed E-state index contributed by atoms with van der Waals surface area (Å²) in [6.07, 6.45) is 0. The van der Waals surface area contributed by atoms with Crippen molar-refractivity contribution in [1.29, 1.82) is 0 Å². The Balaban J connectivity index is 2.57. The predicted molar refractivity (Wildman–Crippen MR) is 72.2 cm³/mol. The second-order valence-corrected chi connectivity index (χ2v) is 5.47. The maximum atomic E-state index is 11.9. The van der Waals surface area contributed by atoms with Crippen molar-refractivity contribution in [2.24, 2.45) is 0 Å². The summed E-state index contributed by atoms with van der Waals surface area (Å²) < 4.78 is 0.